The second kappa shape index (κ2) is 12.9. The van der Waals surface area contributed by atoms with Crippen molar-refractivity contribution in [2.24, 2.45) is 0 Å². The maximum atomic E-state index is 14.9. The van der Waals surface area contributed by atoms with Crippen molar-refractivity contribution in [2.75, 3.05) is 17.4 Å². The van der Waals surface area contributed by atoms with Crippen LogP contribution in [-0.4, -0.2) is 44.3 Å². The summed E-state index contributed by atoms with van der Waals surface area (Å²) < 4.78 is 43.1. The second-order valence-electron chi connectivity index (χ2n) is 8.74. The molecular formula is C28H31ClFN3O4S. The molecule has 1 N–H and O–H groups in total. The van der Waals surface area contributed by atoms with Crippen molar-refractivity contribution in [2.45, 2.75) is 44.7 Å². The Hall–Kier alpha value is -3.43. The van der Waals surface area contributed by atoms with E-state index in [1.54, 1.807) is 50.2 Å². The Balaban J connectivity index is 2.06. The minimum absolute atomic E-state index is 0.0291. The highest BCUT2D eigenvalue weighted by Gasteiger charge is 2.34. The standard InChI is InChI=1S/C28H31ClFN3O4S/c1-4-25(28(35)31-5-2)32(18-21-12-14-22(29)15-13-21)27(34)19-33(26-9-7-6-8-24(26)30)38(36,37)23-16-10-20(3)11-17-23/h6-17,25H,4-5,18-19H2,1-3H3,(H,31,35). The molecule has 38 heavy (non-hydrogen) atoms. The molecule has 0 aliphatic carbocycles. The van der Waals surface area contributed by atoms with Crippen LogP contribution in [0.4, 0.5) is 10.1 Å². The summed E-state index contributed by atoms with van der Waals surface area (Å²) in [6.07, 6.45) is 0.287. The predicted octanol–water partition coefficient (Wildman–Crippen LogP) is 4.93. The number of hydrogen-bond donors (Lipinski definition) is 1. The first-order chi connectivity index (χ1) is 18.1. The molecule has 0 saturated carbocycles. The van der Waals surface area contributed by atoms with Gasteiger partial charge in [0.1, 0.15) is 18.4 Å². The van der Waals surface area contributed by atoms with E-state index in [1.807, 2.05) is 6.92 Å². The lowest BCUT2D eigenvalue weighted by atomic mass is 10.1. The Morgan fingerprint density at radius 3 is 2.18 bits per heavy atom. The summed E-state index contributed by atoms with van der Waals surface area (Å²) in [5, 5.41) is 3.25. The van der Waals surface area contributed by atoms with Gasteiger partial charge in [-0.3, -0.25) is 13.9 Å². The lowest BCUT2D eigenvalue weighted by Crippen LogP contribution is -2.52. The van der Waals surface area contributed by atoms with Crippen molar-refractivity contribution in [1.29, 1.82) is 0 Å². The molecule has 0 radical (unpaired) electrons. The number of benzene rings is 3. The number of amides is 2. The van der Waals surface area contributed by atoms with Crippen molar-refractivity contribution in [3.05, 3.63) is 94.8 Å². The Kier molecular flexibility index (Phi) is 9.88. The van der Waals surface area contributed by atoms with Crippen molar-refractivity contribution in [1.82, 2.24) is 10.2 Å². The number of likely N-dealkylation sites (N-methyl/N-ethyl adjacent to an activating group) is 1. The van der Waals surface area contributed by atoms with Crippen LogP contribution in [0.2, 0.25) is 5.02 Å². The van der Waals surface area contributed by atoms with Gasteiger partial charge in [-0.05, 0) is 62.2 Å². The molecule has 10 heteroatoms. The molecule has 3 aromatic rings. The van der Waals surface area contributed by atoms with E-state index in [-0.39, 0.29) is 29.5 Å². The summed E-state index contributed by atoms with van der Waals surface area (Å²) in [7, 11) is -4.34. The van der Waals surface area contributed by atoms with Crippen LogP contribution in [0.1, 0.15) is 31.4 Å². The zero-order chi connectivity index (χ0) is 27.9. The molecule has 202 valence electrons. The van der Waals surface area contributed by atoms with Gasteiger partial charge in [-0.1, -0.05) is 60.5 Å². The number of halogens is 2. The van der Waals surface area contributed by atoms with Crippen molar-refractivity contribution in [3.8, 4) is 0 Å². The molecule has 7 nitrogen and oxygen atoms in total. The number of rotatable bonds is 11. The average molecular weight is 560 g/mol. The second-order valence-corrected chi connectivity index (χ2v) is 11.0. The number of aryl methyl sites for hydroxylation is 1. The molecule has 0 heterocycles. The fourth-order valence-corrected chi connectivity index (χ4v) is 5.55. The molecule has 0 saturated heterocycles. The van der Waals surface area contributed by atoms with Crippen LogP contribution in [0.3, 0.4) is 0 Å². The van der Waals surface area contributed by atoms with E-state index in [0.717, 1.165) is 15.9 Å². The van der Waals surface area contributed by atoms with Gasteiger partial charge >= 0.3 is 0 Å². The number of carbonyl (C=O) groups is 2. The fraction of sp³-hybridized carbons (Fsp3) is 0.286. The van der Waals surface area contributed by atoms with E-state index in [9.17, 15) is 22.4 Å². The number of para-hydroxylation sites is 1. The van der Waals surface area contributed by atoms with E-state index in [1.165, 1.54) is 35.2 Å². The minimum Gasteiger partial charge on any atom is -0.355 e. The number of anilines is 1. The fourth-order valence-electron chi connectivity index (χ4n) is 4.00. The Labute approximate surface area is 228 Å². The summed E-state index contributed by atoms with van der Waals surface area (Å²) in [5.41, 5.74) is 1.28. The number of nitrogens with one attached hydrogen (secondary N) is 1. The highest BCUT2D eigenvalue weighted by Crippen LogP contribution is 2.27. The first-order valence-corrected chi connectivity index (χ1v) is 14.1. The van der Waals surface area contributed by atoms with E-state index < -0.39 is 34.3 Å². The topological polar surface area (TPSA) is 86.8 Å². The molecule has 2 amide bonds. The van der Waals surface area contributed by atoms with Crippen LogP contribution in [0.15, 0.2) is 77.7 Å². The number of sulfonamides is 1. The molecule has 0 aromatic heterocycles. The molecule has 0 aliphatic rings. The third-order valence-electron chi connectivity index (χ3n) is 6.01. The smallest absolute Gasteiger partial charge is 0.264 e. The molecule has 1 atom stereocenters. The normalized spacial score (nSPS) is 12.0. The molecular weight excluding hydrogens is 529 g/mol. The molecule has 3 rings (SSSR count). The van der Waals surface area contributed by atoms with Gasteiger partial charge in [0.15, 0.2) is 0 Å². The quantitative estimate of drug-likeness (QED) is 0.361. The summed E-state index contributed by atoms with van der Waals surface area (Å²) in [5.74, 6) is -1.82. The monoisotopic (exact) mass is 559 g/mol. The maximum absolute atomic E-state index is 14.9. The molecule has 0 aliphatic heterocycles. The minimum atomic E-state index is -4.34. The predicted molar refractivity (Wildman–Crippen MR) is 147 cm³/mol. The van der Waals surface area contributed by atoms with Crippen LogP contribution in [0.5, 0.6) is 0 Å². The highest BCUT2D eigenvalue weighted by atomic mass is 35.5. The molecule has 3 aromatic carbocycles. The van der Waals surface area contributed by atoms with Gasteiger partial charge in [-0.2, -0.15) is 0 Å². The van der Waals surface area contributed by atoms with E-state index in [4.69, 9.17) is 11.6 Å². The van der Waals surface area contributed by atoms with Gasteiger partial charge in [0.25, 0.3) is 10.0 Å². The van der Waals surface area contributed by atoms with Gasteiger partial charge in [-0.15, -0.1) is 0 Å². The van der Waals surface area contributed by atoms with Crippen LogP contribution in [0, 0.1) is 12.7 Å². The van der Waals surface area contributed by atoms with Crippen molar-refractivity contribution < 1.29 is 22.4 Å². The van der Waals surface area contributed by atoms with Gasteiger partial charge in [0.2, 0.25) is 11.8 Å². The van der Waals surface area contributed by atoms with Crippen molar-refractivity contribution in [3.63, 3.8) is 0 Å². The average Bonchev–Trinajstić information content (AvgIpc) is 2.89. The lowest BCUT2D eigenvalue weighted by molar-refractivity contribution is -0.140. The lowest BCUT2D eigenvalue weighted by Gasteiger charge is -2.33. The third kappa shape index (κ3) is 6.90. The summed E-state index contributed by atoms with van der Waals surface area (Å²) in [6, 6.07) is 17.4. The molecule has 0 spiro atoms. The zero-order valence-corrected chi connectivity index (χ0v) is 23.1. The van der Waals surface area contributed by atoms with Gasteiger partial charge in [-0.25, -0.2) is 12.8 Å². The SMILES string of the molecule is CCNC(=O)C(CC)N(Cc1ccc(Cl)cc1)C(=O)CN(c1ccccc1F)S(=O)(=O)c1ccc(C)cc1. The number of nitrogens with zero attached hydrogens (tertiary/aromatic N) is 2. The third-order valence-corrected chi connectivity index (χ3v) is 8.04. The number of carbonyl (C=O) groups excluding carboxylic acids is 2. The Morgan fingerprint density at radius 1 is 0.974 bits per heavy atom. The molecule has 1 unspecified atom stereocenters. The van der Waals surface area contributed by atoms with Crippen LogP contribution < -0.4 is 9.62 Å². The largest absolute Gasteiger partial charge is 0.355 e. The molecule has 0 bridgehead atoms. The van der Waals surface area contributed by atoms with Gasteiger partial charge in [0.05, 0.1) is 10.6 Å². The summed E-state index contributed by atoms with van der Waals surface area (Å²) in [4.78, 5) is 28.0. The Morgan fingerprint density at radius 2 is 1.61 bits per heavy atom. The van der Waals surface area contributed by atoms with Crippen LogP contribution >= 0.6 is 11.6 Å². The summed E-state index contributed by atoms with van der Waals surface area (Å²) >= 11 is 6.01. The molecule has 0 fully saturated rings. The van der Waals surface area contributed by atoms with Gasteiger partial charge < -0.3 is 10.2 Å². The number of hydrogen-bond acceptors (Lipinski definition) is 4. The van der Waals surface area contributed by atoms with Gasteiger partial charge in [0, 0.05) is 18.1 Å². The van der Waals surface area contributed by atoms with Crippen LogP contribution in [-0.2, 0) is 26.2 Å². The summed E-state index contributed by atoms with van der Waals surface area (Å²) in [6.45, 7) is 5.03. The first-order valence-electron chi connectivity index (χ1n) is 12.2. The highest BCUT2D eigenvalue weighted by molar-refractivity contribution is 7.92. The Bertz CT molecular complexity index is 1370. The van der Waals surface area contributed by atoms with Crippen molar-refractivity contribution >= 4 is 39.1 Å². The van der Waals surface area contributed by atoms with E-state index in [0.29, 0.717) is 17.1 Å². The van der Waals surface area contributed by atoms with E-state index >= 15 is 0 Å². The first kappa shape index (κ1) is 29.1. The van der Waals surface area contributed by atoms with Crippen LogP contribution in [0.25, 0.3) is 0 Å². The zero-order valence-electron chi connectivity index (χ0n) is 21.5. The maximum Gasteiger partial charge on any atom is 0.264 e. The van der Waals surface area contributed by atoms with E-state index in [2.05, 4.69) is 5.32 Å².